The zero-order chi connectivity index (χ0) is 11.6. The van der Waals surface area contributed by atoms with Crippen molar-refractivity contribution in [3.05, 3.63) is 24.3 Å². The Morgan fingerprint density at radius 2 is 2.12 bits per heavy atom. The summed E-state index contributed by atoms with van der Waals surface area (Å²) < 4.78 is 0. The molecule has 3 N–H and O–H groups in total. The highest BCUT2D eigenvalue weighted by Gasteiger charge is 2.17. The lowest BCUT2D eigenvalue weighted by Gasteiger charge is -2.24. The molecule has 1 heterocycles. The van der Waals surface area contributed by atoms with Crippen molar-refractivity contribution in [1.29, 1.82) is 0 Å². The molecule has 0 radical (unpaired) electrons. The van der Waals surface area contributed by atoms with Crippen LogP contribution in [0, 0.1) is 0 Å². The number of aliphatic hydroxyl groups is 1. The molecule has 4 nitrogen and oxygen atoms in total. The highest BCUT2D eigenvalue weighted by molar-refractivity contribution is 5.77. The molecule has 0 bridgehead atoms. The summed E-state index contributed by atoms with van der Waals surface area (Å²) in [5.41, 5.74) is 1.80. The van der Waals surface area contributed by atoms with Gasteiger partial charge in [-0.05, 0) is 32.4 Å². The molecule has 0 aliphatic carbocycles. The molecule has 4 heteroatoms. The lowest BCUT2D eigenvalue weighted by atomic mass is 10.0. The number of benzene rings is 1. The molecule has 1 aromatic carbocycles. The summed E-state index contributed by atoms with van der Waals surface area (Å²) in [4.78, 5) is 7.64. The number of nitrogens with one attached hydrogen (secondary N) is 2. The number of rotatable bonds is 4. The molecule has 0 saturated carbocycles. The van der Waals surface area contributed by atoms with Crippen LogP contribution < -0.4 is 5.32 Å². The number of H-pyrrole nitrogens is 1. The normalized spacial score (nSPS) is 11.9. The van der Waals surface area contributed by atoms with Gasteiger partial charge in [-0.2, -0.15) is 0 Å². The Balaban J connectivity index is 2.21. The Morgan fingerprint density at radius 1 is 1.38 bits per heavy atom. The van der Waals surface area contributed by atoms with Gasteiger partial charge in [0.1, 0.15) is 0 Å². The minimum atomic E-state index is -0.164. The first kappa shape index (κ1) is 11.0. The van der Waals surface area contributed by atoms with Crippen molar-refractivity contribution < 1.29 is 5.11 Å². The summed E-state index contributed by atoms with van der Waals surface area (Å²) in [5, 5.41) is 12.2. The second-order valence-corrected chi connectivity index (χ2v) is 4.59. The van der Waals surface area contributed by atoms with Gasteiger partial charge < -0.3 is 15.4 Å². The van der Waals surface area contributed by atoms with Crippen LogP contribution in [-0.2, 0) is 0 Å². The van der Waals surface area contributed by atoms with Crippen molar-refractivity contribution in [2.75, 3.05) is 11.9 Å². The van der Waals surface area contributed by atoms with Crippen LogP contribution in [0.1, 0.15) is 20.3 Å². The quantitative estimate of drug-likeness (QED) is 0.738. The fourth-order valence-electron chi connectivity index (χ4n) is 1.67. The van der Waals surface area contributed by atoms with Crippen LogP contribution in [0.15, 0.2) is 24.3 Å². The monoisotopic (exact) mass is 219 g/mol. The molecule has 86 valence electrons. The number of aromatic nitrogens is 2. The SMILES string of the molecule is CC(C)(CCO)Nc1nc2ccccc2[nH]1. The van der Waals surface area contributed by atoms with E-state index in [1.54, 1.807) is 0 Å². The van der Waals surface area contributed by atoms with Crippen LogP contribution in [0.2, 0.25) is 0 Å². The number of nitrogens with zero attached hydrogens (tertiary/aromatic N) is 1. The lowest BCUT2D eigenvalue weighted by Crippen LogP contribution is -2.32. The number of hydrogen-bond donors (Lipinski definition) is 3. The first-order chi connectivity index (χ1) is 7.61. The molecule has 0 spiro atoms. The molecule has 2 rings (SSSR count). The number of aromatic amines is 1. The maximum absolute atomic E-state index is 8.95. The van der Waals surface area contributed by atoms with Crippen LogP contribution in [0.4, 0.5) is 5.95 Å². The molecule has 0 fully saturated rings. The van der Waals surface area contributed by atoms with Gasteiger partial charge in [-0.1, -0.05) is 12.1 Å². The maximum atomic E-state index is 8.95. The van der Waals surface area contributed by atoms with Gasteiger partial charge in [0.25, 0.3) is 0 Å². The Bertz CT molecular complexity index is 443. The fourth-order valence-corrected chi connectivity index (χ4v) is 1.67. The first-order valence-electron chi connectivity index (χ1n) is 5.44. The van der Waals surface area contributed by atoms with E-state index in [4.69, 9.17) is 5.11 Å². The Labute approximate surface area is 94.7 Å². The lowest BCUT2D eigenvalue weighted by molar-refractivity contribution is 0.260. The van der Waals surface area contributed by atoms with Crippen LogP contribution in [-0.4, -0.2) is 27.2 Å². The number of imidazole rings is 1. The summed E-state index contributed by atoms with van der Waals surface area (Å²) in [5.74, 6) is 0.750. The van der Waals surface area contributed by atoms with Gasteiger partial charge in [-0.15, -0.1) is 0 Å². The number of fused-ring (bicyclic) bond motifs is 1. The highest BCUT2D eigenvalue weighted by atomic mass is 16.3. The number of hydrogen-bond acceptors (Lipinski definition) is 3. The number of anilines is 1. The Morgan fingerprint density at radius 3 is 2.81 bits per heavy atom. The summed E-state index contributed by atoms with van der Waals surface area (Å²) in [7, 11) is 0. The maximum Gasteiger partial charge on any atom is 0.201 e. The molecule has 1 aromatic heterocycles. The highest BCUT2D eigenvalue weighted by Crippen LogP contribution is 2.18. The van der Waals surface area contributed by atoms with Gasteiger partial charge in [-0.25, -0.2) is 4.98 Å². The van der Waals surface area contributed by atoms with E-state index in [2.05, 4.69) is 15.3 Å². The minimum Gasteiger partial charge on any atom is -0.396 e. The summed E-state index contributed by atoms with van der Waals surface area (Å²) in [6.45, 7) is 4.24. The zero-order valence-electron chi connectivity index (χ0n) is 9.62. The summed E-state index contributed by atoms with van der Waals surface area (Å²) in [6, 6.07) is 7.90. The average Bonchev–Trinajstić information content (AvgIpc) is 2.58. The van der Waals surface area contributed by atoms with Crippen molar-refractivity contribution in [2.24, 2.45) is 0 Å². The third-order valence-electron chi connectivity index (χ3n) is 2.58. The van der Waals surface area contributed by atoms with Crippen LogP contribution in [0.5, 0.6) is 0 Å². The van der Waals surface area contributed by atoms with E-state index in [-0.39, 0.29) is 12.1 Å². The van der Waals surface area contributed by atoms with Crippen LogP contribution in [0.25, 0.3) is 11.0 Å². The largest absolute Gasteiger partial charge is 0.396 e. The fraction of sp³-hybridized carbons (Fsp3) is 0.417. The number of aliphatic hydroxyl groups excluding tert-OH is 1. The van der Waals surface area contributed by atoms with Gasteiger partial charge in [0.15, 0.2) is 0 Å². The van der Waals surface area contributed by atoms with E-state index < -0.39 is 0 Å². The second-order valence-electron chi connectivity index (χ2n) is 4.59. The van der Waals surface area contributed by atoms with E-state index in [1.165, 1.54) is 0 Å². The van der Waals surface area contributed by atoms with Crippen molar-refractivity contribution in [3.63, 3.8) is 0 Å². The van der Waals surface area contributed by atoms with Crippen LogP contribution >= 0.6 is 0 Å². The van der Waals surface area contributed by atoms with Crippen molar-refractivity contribution in [1.82, 2.24) is 9.97 Å². The molecule has 0 aliphatic heterocycles. The average molecular weight is 219 g/mol. The number of para-hydroxylation sites is 2. The molecule has 16 heavy (non-hydrogen) atoms. The first-order valence-corrected chi connectivity index (χ1v) is 5.44. The molecule has 0 amide bonds. The smallest absolute Gasteiger partial charge is 0.201 e. The molecule has 0 saturated heterocycles. The van der Waals surface area contributed by atoms with Crippen molar-refractivity contribution in [3.8, 4) is 0 Å². The third-order valence-corrected chi connectivity index (χ3v) is 2.58. The minimum absolute atomic E-state index is 0.164. The molecule has 0 atom stereocenters. The van der Waals surface area contributed by atoms with Crippen molar-refractivity contribution in [2.45, 2.75) is 25.8 Å². The molecule has 0 unspecified atom stereocenters. The van der Waals surface area contributed by atoms with E-state index in [9.17, 15) is 0 Å². The summed E-state index contributed by atoms with van der Waals surface area (Å²) in [6.07, 6.45) is 0.685. The van der Waals surface area contributed by atoms with E-state index in [0.717, 1.165) is 17.0 Å². The van der Waals surface area contributed by atoms with Gasteiger partial charge in [0.05, 0.1) is 11.0 Å². The van der Waals surface area contributed by atoms with Gasteiger partial charge in [0, 0.05) is 12.1 Å². The Kier molecular flexibility index (Phi) is 2.83. The summed E-state index contributed by atoms with van der Waals surface area (Å²) >= 11 is 0. The molecular weight excluding hydrogens is 202 g/mol. The van der Waals surface area contributed by atoms with E-state index >= 15 is 0 Å². The predicted molar refractivity (Wildman–Crippen MR) is 65.5 cm³/mol. The standard InChI is InChI=1S/C12H17N3O/c1-12(2,7-8-16)15-11-13-9-5-3-4-6-10(9)14-11/h3-6,16H,7-8H2,1-2H3,(H2,13,14,15). The molecule has 0 aliphatic rings. The zero-order valence-corrected chi connectivity index (χ0v) is 9.62. The van der Waals surface area contributed by atoms with Crippen molar-refractivity contribution >= 4 is 17.0 Å². The molecule has 2 aromatic rings. The second kappa shape index (κ2) is 4.14. The van der Waals surface area contributed by atoms with Gasteiger partial charge >= 0.3 is 0 Å². The van der Waals surface area contributed by atoms with E-state index in [1.807, 2.05) is 38.1 Å². The molecular formula is C12H17N3O. The van der Waals surface area contributed by atoms with Crippen LogP contribution in [0.3, 0.4) is 0 Å². The third kappa shape index (κ3) is 2.33. The predicted octanol–water partition coefficient (Wildman–Crippen LogP) is 2.14. The van der Waals surface area contributed by atoms with E-state index in [0.29, 0.717) is 6.42 Å². The Hall–Kier alpha value is -1.55. The topological polar surface area (TPSA) is 60.9 Å². The van der Waals surface area contributed by atoms with Gasteiger partial charge in [0.2, 0.25) is 5.95 Å². The van der Waals surface area contributed by atoms with Gasteiger partial charge in [-0.3, -0.25) is 0 Å².